The number of aryl methyl sites for hydroxylation is 1. The number of anilines is 2. The molecule has 1 atom stereocenters. The molecule has 0 radical (unpaired) electrons. The number of phenols is 1. The largest absolute Gasteiger partial charge is 0.507 e. The molecule has 39 heavy (non-hydrogen) atoms. The number of hydrogen-bond acceptors (Lipinski definition) is 3. The molecule has 3 nitrogen and oxygen atoms in total. The fourth-order valence-electron chi connectivity index (χ4n) is 5.09. The summed E-state index contributed by atoms with van der Waals surface area (Å²) in [5, 5.41) is 10.2. The second kappa shape index (κ2) is 16.4. The normalized spacial score (nSPS) is 11.9. The van der Waals surface area contributed by atoms with Crippen LogP contribution in [0.5, 0.6) is 5.75 Å². The number of thioether (sulfide) groups is 1. The van der Waals surface area contributed by atoms with Gasteiger partial charge in [-0.15, -0.1) is 11.8 Å². The molecule has 0 saturated carbocycles. The molecule has 0 bridgehead atoms. The van der Waals surface area contributed by atoms with Gasteiger partial charge in [0.05, 0.1) is 5.69 Å². The number of unbranched alkanes of at least 4 members (excludes halogenated alkanes) is 9. The van der Waals surface area contributed by atoms with Crippen LogP contribution >= 0.6 is 11.8 Å². The highest BCUT2D eigenvalue weighted by Crippen LogP contribution is 2.40. The average Bonchev–Trinajstić information content (AvgIpc) is 2.96. The molecule has 0 aromatic heterocycles. The van der Waals surface area contributed by atoms with E-state index in [-0.39, 0.29) is 11.2 Å². The minimum Gasteiger partial charge on any atom is -0.507 e. The number of aromatic hydroxyl groups is 1. The Morgan fingerprint density at radius 3 is 1.90 bits per heavy atom. The topological polar surface area (TPSA) is 40.5 Å². The number of hydrogen-bond donors (Lipinski definition) is 1. The van der Waals surface area contributed by atoms with Crippen LogP contribution in [0.25, 0.3) is 0 Å². The molecular weight excluding hydrogens is 498 g/mol. The molecule has 3 aromatic rings. The number of carbonyl (C=O) groups is 1. The number of rotatable bonds is 16. The number of benzene rings is 3. The van der Waals surface area contributed by atoms with Crippen molar-refractivity contribution in [3.8, 4) is 5.75 Å². The van der Waals surface area contributed by atoms with Gasteiger partial charge >= 0.3 is 0 Å². The maximum atomic E-state index is 14.5. The van der Waals surface area contributed by atoms with Crippen LogP contribution in [0.15, 0.2) is 66.7 Å². The first-order valence-corrected chi connectivity index (χ1v) is 15.9. The molecule has 3 rings (SSSR count). The SMILES string of the molecule is CCCCCCCCCCCCS[C@H](C(=O)N(c1ccccc1)c1cc(C)c(O)c(C)c1C)c1ccccc1. The lowest BCUT2D eigenvalue weighted by Gasteiger charge is -2.30. The number of nitrogens with zero attached hydrogens (tertiary/aromatic N) is 1. The van der Waals surface area contributed by atoms with Crippen molar-refractivity contribution in [1.29, 1.82) is 0 Å². The van der Waals surface area contributed by atoms with E-state index in [4.69, 9.17) is 0 Å². The van der Waals surface area contributed by atoms with Crippen molar-refractivity contribution >= 4 is 29.0 Å². The molecule has 0 aliphatic heterocycles. The van der Waals surface area contributed by atoms with Crippen LogP contribution < -0.4 is 4.90 Å². The first-order valence-electron chi connectivity index (χ1n) is 14.8. The average molecular weight is 546 g/mol. The van der Waals surface area contributed by atoms with Gasteiger partial charge in [0.1, 0.15) is 11.0 Å². The third-order valence-corrected chi connectivity index (χ3v) is 8.94. The molecule has 1 N–H and O–H groups in total. The van der Waals surface area contributed by atoms with Gasteiger partial charge in [-0.3, -0.25) is 9.69 Å². The molecule has 0 heterocycles. The van der Waals surface area contributed by atoms with E-state index in [0.717, 1.165) is 45.8 Å². The van der Waals surface area contributed by atoms with Crippen molar-refractivity contribution in [1.82, 2.24) is 0 Å². The highest BCUT2D eigenvalue weighted by Gasteiger charge is 2.30. The maximum Gasteiger partial charge on any atom is 0.249 e. The Kier molecular flexibility index (Phi) is 13.0. The summed E-state index contributed by atoms with van der Waals surface area (Å²) >= 11 is 1.75. The number of amides is 1. The first-order chi connectivity index (χ1) is 19.0. The zero-order valence-corrected chi connectivity index (χ0v) is 25.2. The van der Waals surface area contributed by atoms with Gasteiger partial charge in [0, 0.05) is 5.69 Å². The van der Waals surface area contributed by atoms with E-state index in [9.17, 15) is 9.90 Å². The molecule has 0 aliphatic carbocycles. The predicted octanol–water partition coefficient (Wildman–Crippen LogP) is 10.4. The predicted molar refractivity (Wildman–Crippen MR) is 169 cm³/mol. The van der Waals surface area contributed by atoms with E-state index in [0.29, 0.717) is 5.75 Å². The van der Waals surface area contributed by atoms with Crippen molar-refractivity contribution in [3.05, 3.63) is 89.0 Å². The lowest BCUT2D eigenvalue weighted by molar-refractivity contribution is -0.117. The Bertz CT molecular complexity index is 1150. The van der Waals surface area contributed by atoms with E-state index < -0.39 is 0 Å². The minimum atomic E-state index is -0.307. The number of carbonyl (C=O) groups excluding carboxylic acids is 1. The van der Waals surface area contributed by atoms with Crippen LogP contribution in [0.3, 0.4) is 0 Å². The summed E-state index contributed by atoms with van der Waals surface area (Å²) < 4.78 is 0. The molecule has 1 amide bonds. The van der Waals surface area contributed by atoms with Crippen molar-refractivity contribution in [2.75, 3.05) is 10.7 Å². The molecule has 0 aliphatic rings. The summed E-state index contributed by atoms with van der Waals surface area (Å²) in [5.41, 5.74) is 5.21. The lowest BCUT2D eigenvalue weighted by atomic mass is 10.0. The second-order valence-corrected chi connectivity index (χ2v) is 11.9. The first kappa shape index (κ1) is 30.8. The van der Waals surface area contributed by atoms with Crippen LogP contribution in [-0.2, 0) is 4.79 Å². The summed E-state index contributed by atoms with van der Waals surface area (Å²) in [6, 6.07) is 22.0. The van der Waals surface area contributed by atoms with Crippen molar-refractivity contribution in [2.24, 2.45) is 0 Å². The van der Waals surface area contributed by atoms with Crippen LogP contribution in [0, 0.1) is 20.8 Å². The summed E-state index contributed by atoms with van der Waals surface area (Å²) in [7, 11) is 0. The van der Waals surface area contributed by atoms with E-state index in [1.807, 2.05) is 80.3 Å². The molecule has 0 fully saturated rings. The summed E-state index contributed by atoms with van der Waals surface area (Å²) in [6.45, 7) is 8.07. The Balaban J connectivity index is 1.75. The van der Waals surface area contributed by atoms with Crippen molar-refractivity contribution in [3.63, 3.8) is 0 Å². The van der Waals surface area contributed by atoms with Gasteiger partial charge in [-0.25, -0.2) is 0 Å². The molecule has 4 heteroatoms. The second-order valence-electron chi connectivity index (χ2n) is 10.7. The third-order valence-electron chi connectivity index (χ3n) is 7.61. The Hall–Kier alpha value is -2.72. The number of para-hydroxylation sites is 1. The Labute approximate surface area is 241 Å². The zero-order valence-electron chi connectivity index (χ0n) is 24.4. The molecule has 3 aromatic carbocycles. The monoisotopic (exact) mass is 545 g/mol. The summed E-state index contributed by atoms with van der Waals surface area (Å²) in [6.07, 6.45) is 13.1. The molecule has 0 spiro atoms. The highest BCUT2D eigenvalue weighted by atomic mass is 32.2. The van der Waals surface area contributed by atoms with Gasteiger partial charge in [0.2, 0.25) is 5.91 Å². The standard InChI is InChI=1S/C35H47NO2S/c1-5-6-7-8-9-10-11-12-13-20-25-39-34(30-21-16-14-17-22-30)35(38)36(31-23-18-15-19-24-31)32-26-27(2)33(37)29(4)28(32)3/h14-19,21-24,26,34,37H,5-13,20,25H2,1-4H3/t34-/m0/s1. The maximum absolute atomic E-state index is 14.5. The van der Waals surface area contributed by atoms with Gasteiger partial charge in [-0.1, -0.05) is 113 Å². The smallest absolute Gasteiger partial charge is 0.249 e. The minimum absolute atomic E-state index is 0.0528. The zero-order chi connectivity index (χ0) is 28.0. The fourth-order valence-corrected chi connectivity index (χ4v) is 6.29. The van der Waals surface area contributed by atoms with Gasteiger partial charge in [-0.05, 0) is 73.4 Å². The highest BCUT2D eigenvalue weighted by molar-refractivity contribution is 8.00. The Morgan fingerprint density at radius 1 is 0.769 bits per heavy atom. The van der Waals surface area contributed by atoms with Crippen LogP contribution in [0.1, 0.15) is 98.6 Å². The lowest BCUT2D eigenvalue weighted by Crippen LogP contribution is -2.31. The third kappa shape index (κ3) is 8.89. The number of phenolic OH excluding ortho intramolecular Hbond substituents is 1. The molecule has 0 unspecified atom stereocenters. The van der Waals surface area contributed by atoms with Gasteiger partial charge in [0.15, 0.2) is 0 Å². The van der Waals surface area contributed by atoms with Crippen LogP contribution in [-0.4, -0.2) is 16.8 Å². The van der Waals surface area contributed by atoms with Gasteiger partial charge < -0.3 is 5.11 Å². The van der Waals surface area contributed by atoms with E-state index >= 15 is 0 Å². The van der Waals surface area contributed by atoms with Crippen LogP contribution in [0.4, 0.5) is 11.4 Å². The van der Waals surface area contributed by atoms with E-state index in [1.165, 1.54) is 57.8 Å². The van der Waals surface area contributed by atoms with Crippen LogP contribution in [0.2, 0.25) is 0 Å². The van der Waals surface area contributed by atoms with Gasteiger partial charge in [0.25, 0.3) is 0 Å². The van der Waals surface area contributed by atoms with Crippen molar-refractivity contribution < 1.29 is 9.90 Å². The molecule has 210 valence electrons. The quantitative estimate of drug-likeness (QED) is 0.182. The van der Waals surface area contributed by atoms with E-state index in [1.54, 1.807) is 11.8 Å². The molecule has 0 saturated heterocycles. The molecular formula is C35H47NO2S. The van der Waals surface area contributed by atoms with Crippen molar-refractivity contribution in [2.45, 2.75) is 97.2 Å². The summed E-state index contributed by atoms with van der Waals surface area (Å²) in [5.74, 6) is 1.31. The van der Waals surface area contributed by atoms with Gasteiger partial charge in [-0.2, -0.15) is 0 Å². The van der Waals surface area contributed by atoms with E-state index in [2.05, 4.69) is 19.1 Å². The Morgan fingerprint density at radius 2 is 1.31 bits per heavy atom. The fraction of sp³-hybridized carbons (Fsp3) is 0.457. The summed E-state index contributed by atoms with van der Waals surface area (Å²) in [4.78, 5) is 16.3.